The number of rotatable bonds is 2. The van der Waals surface area contributed by atoms with Gasteiger partial charge < -0.3 is 5.73 Å². The van der Waals surface area contributed by atoms with Crippen LogP contribution in [-0.4, -0.2) is 31.9 Å². The van der Waals surface area contributed by atoms with Crippen molar-refractivity contribution in [3.05, 3.63) is 28.2 Å². The predicted molar refractivity (Wildman–Crippen MR) is 74.8 cm³/mol. The van der Waals surface area contributed by atoms with Crippen LogP contribution >= 0.6 is 15.9 Å². The Kier molecular flexibility index (Phi) is 4.26. The number of halogens is 1. The van der Waals surface area contributed by atoms with Gasteiger partial charge in [-0.3, -0.25) is 0 Å². The van der Waals surface area contributed by atoms with Crippen molar-refractivity contribution in [2.24, 2.45) is 5.73 Å². The van der Waals surface area contributed by atoms with Gasteiger partial charge in [-0.25, -0.2) is 8.42 Å². The van der Waals surface area contributed by atoms with Crippen molar-refractivity contribution >= 4 is 26.0 Å². The van der Waals surface area contributed by atoms with Crippen LogP contribution in [0.2, 0.25) is 0 Å². The van der Waals surface area contributed by atoms with E-state index in [1.54, 1.807) is 6.07 Å². The van der Waals surface area contributed by atoms with Gasteiger partial charge in [0.2, 0.25) is 10.0 Å². The van der Waals surface area contributed by atoms with Crippen molar-refractivity contribution in [3.8, 4) is 6.07 Å². The van der Waals surface area contributed by atoms with Crippen LogP contribution in [-0.2, 0) is 10.0 Å². The molecule has 19 heavy (non-hydrogen) atoms. The van der Waals surface area contributed by atoms with E-state index in [0.29, 0.717) is 36.0 Å². The van der Waals surface area contributed by atoms with Gasteiger partial charge in [0.25, 0.3) is 0 Å². The van der Waals surface area contributed by atoms with Gasteiger partial charge in [-0.15, -0.1) is 0 Å². The van der Waals surface area contributed by atoms with E-state index in [1.807, 2.05) is 6.07 Å². The second-order valence-corrected chi connectivity index (χ2v) is 7.38. The van der Waals surface area contributed by atoms with Gasteiger partial charge >= 0.3 is 0 Å². The predicted octanol–water partition coefficient (Wildman–Crippen LogP) is 1.43. The van der Waals surface area contributed by atoms with Crippen LogP contribution in [0.4, 0.5) is 0 Å². The third-order valence-electron chi connectivity index (χ3n) is 3.14. The lowest BCUT2D eigenvalue weighted by atomic mass is 10.1. The van der Waals surface area contributed by atoms with Crippen molar-refractivity contribution in [2.45, 2.75) is 23.8 Å². The SMILES string of the molecule is N#Cc1cc(Br)cc(S(=O)(=O)N2CCC(N)CC2)c1. The van der Waals surface area contributed by atoms with Crippen LogP contribution in [0, 0.1) is 11.3 Å². The molecule has 0 bridgehead atoms. The van der Waals surface area contributed by atoms with E-state index in [0.717, 1.165) is 0 Å². The molecule has 102 valence electrons. The summed E-state index contributed by atoms with van der Waals surface area (Å²) in [6.45, 7) is 0.857. The lowest BCUT2D eigenvalue weighted by Gasteiger charge is -2.29. The molecule has 0 aliphatic carbocycles. The second kappa shape index (κ2) is 5.59. The van der Waals surface area contributed by atoms with E-state index in [1.165, 1.54) is 16.4 Å². The number of nitrogens with two attached hydrogens (primary N) is 1. The van der Waals surface area contributed by atoms with Gasteiger partial charge in [0.1, 0.15) is 0 Å². The van der Waals surface area contributed by atoms with E-state index < -0.39 is 10.0 Å². The number of sulfonamides is 1. The smallest absolute Gasteiger partial charge is 0.243 e. The van der Waals surface area contributed by atoms with Crippen molar-refractivity contribution in [2.75, 3.05) is 13.1 Å². The van der Waals surface area contributed by atoms with Gasteiger partial charge in [0, 0.05) is 23.6 Å². The summed E-state index contributed by atoms with van der Waals surface area (Å²) in [6, 6.07) is 6.53. The number of nitriles is 1. The molecule has 1 fully saturated rings. The molecule has 5 nitrogen and oxygen atoms in total. The zero-order chi connectivity index (χ0) is 14.0. The van der Waals surface area contributed by atoms with E-state index in [9.17, 15) is 8.42 Å². The molecule has 2 rings (SSSR count). The topological polar surface area (TPSA) is 87.2 Å². The number of hydrogen-bond donors (Lipinski definition) is 1. The van der Waals surface area contributed by atoms with Gasteiger partial charge in [0.05, 0.1) is 16.5 Å². The maximum atomic E-state index is 12.5. The normalized spacial score (nSPS) is 18.2. The Morgan fingerprint density at radius 1 is 1.32 bits per heavy atom. The molecule has 0 saturated carbocycles. The van der Waals surface area contributed by atoms with Crippen molar-refractivity contribution in [1.29, 1.82) is 5.26 Å². The van der Waals surface area contributed by atoms with Gasteiger partial charge in [-0.05, 0) is 31.0 Å². The third kappa shape index (κ3) is 3.15. The van der Waals surface area contributed by atoms with Crippen LogP contribution in [0.25, 0.3) is 0 Å². The molecule has 0 amide bonds. The van der Waals surface area contributed by atoms with Gasteiger partial charge in [0.15, 0.2) is 0 Å². The Bertz CT molecular complexity index is 616. The highest BCUT2D eigenvalue weighted by Crippen LogP contribution is 2.24. The first kappa shape index (κ1) is 14.5. The fourth-order valence-electron chi connectivity index (χ4n) is 2.04. The maximum absolute atomic E-state index is 12.5. The summed E-state index contributed by atoms with van der Waals surface area (Å²) < 4.78 is 27.0. The van der Waals surface area contributed by atoms with Crippen LogP contribution in [0.5, 0.6) is 0 Å². The highest BCUT2D eigenvalue weighted by Gasteiger charge is 2.28. The molecule has 0 atom stereocenters. The molecule has 0 spiro atoms. The largest absolute Gasteiger partial charge is 0.328 e. The van der Waals surface area contributed by atoms with Crippen LogP contribution in [0.1, 0.15) is 18.4 Å². The minimum atomic E-state index is -3.54. The quantitative estimate of drug-likeness (QED) is 0.879. The number of nitrogens with zero attached hydrogens (tertiary/aromatic N) is 2. The fourth-order valence-corrected chi connectivity index (χ4v) is 4.23. The van der Waals surface area contributed by atoms with Crippen molar-refractivity contribution < 1.29 is 8.42 Å². The minimum absolute atomic E-state index is 0.0728. The summed E-state index contributed by atoms with van der Waals surface area (Å²) in [5.74, 6) is 0. The monoisotopic (exact) mass is 343 g/mol. The van der Waals surface area contributed by atoms with E-state index in [2.05, 4.69) is 15.9 Å². The Balaban J connectivity index is 2.35. The summed E-state index contributed by atoms with van der Waals surface area (Å²) in [7, 11) is -3.54. The molecule has 1 aromatic carbocycles. The molecular weight excluding hydrogens is 330 g/mol. The molecule has 7 heteroatoms. The van der Waals surface area contributed by atoms with Crippen LogP contribution in [0.15, 0.2) is 27.6 Å². The molecule has 2 N–H and O–H groups in total. The second-order valence-electron chi connectivity index (χ2n) is 4.53. The summed E-state index contributed by atoms with van der Waals surface area (Å²) >= 11 is 3.23. The van der Waals surface area contributed by atoms with Gasteiger partial charge in [-0.2, -0.15) is 9.57 Å². The molecule has 1 aliphatic heterocycles. The van der Waals surface area contributed by atoms with Crippen LogP contribution in [0.3, 0.4) is 0 Å². The summed E-state index contributed by atoms with van der Waals surface area (Å²) in [6.07, 6.45) is 1.33. The van der Waals surface area contributed by atoms with Crippen molar-refractivity contribution in [3.63, 3.8) is 0 Å². The molecule has 1 heterocycles. The number of piperidine rings is 1. The van der Waals surface area contributed by atoms with E-state index in [4.69, 9.17) is 11.0 Å². The van der Waals surface area contributed by atoms with Crippen molar-refractivity contribution in [1.82, 2.24) is 4.31 Å². The fraction of sp³-hybridized carbons (Fsp3) is 0.417. The Labute approximate surface area is 121 Å². The molecule has 0 aromatic heterocycles. The maximum Gasteiger partial charge on any atom is 0.243 e. The number of benzene rings is 1. The molecule has 0 unspecified atom stereocenters. The highest BCUT2D eigenvalue weighted by atomic mass is 79.9. The highest BCUT2D eigenvalue weighted by molar-refractivity contribution is 9.10. The minimum Gasteiger partial charge on any atom is -0.328 e. The first-order valence-electron chi connectivity index (χ1n) is 5.90. The van der Waals surface area contributed by atoms with Crippen LogP contribution < -0.4 is 5.73 Å². The zero-order valence-electron chi connectivity index (χ0n) is 10.2. The standard InChI is InChI=1S/C12H14BrN3O2S/c13-10-5-9(8-14)6-12(7-10)19(17,18)16-3-1-11(15)2-4-16/h5-7,11H,1-4,15H2. The molecule has 1 aliphatic rings. The average molecular weight is 344 g/mol. The zero-order valence-corrected chi connectivity index (χ0v) is 12.6. The van der Waals surface area contributed by atoms with E-state index in [-0.39, 0.29) is 10.9 Å². The molecule has 1 aromatic rings. The summed E-state index contributed by atoms with van der Waals surface area (Å²) in [5, 5.41) is 8.90. The van der Waals surface area contributed by atoms with E-state index >= 15 is 0 Å². The lowest BCUT2D eigenvalue weighted by molar-refractivity contribution is 0.320. The van der Waals surface area contributed by atoms with Gasteiger partial charge in [-0.1, -0.05) is 15.9 Å². The Hall–Kier alpha value is -0.940. The summed E-state index contributed by atoms with van der Waals surface area (Å²) in [4.78, 5) is 0.147. The average Bonchev–Trinajstić information content (AvgIpc) is 2.38. The Morgan fingerprint density at radius 2 is 1.95 bits per heavy atom. The Morgan fingerprint density at radius 3 is 2.53 bits per heavy atom. The molecule has 0 radical (unpaired) electrons. The lowest BCUT2D eigenvalue weighted by Crippen LogP contribution is -2.42. The molecular formula is C12H14BrN3O2S. The number of hydrogen-bond acceptors (Lipinski definition) is 4. The first-order valence-corrected chi connectivity index (χ1v) is 8.13. The first-order chi connectivity index (χ1) is 8.93. The third-order valence-corrected chi connectivity index (χ3v) is 5.47. The molecule has 1 saturated heterocycles. The summed E-state index contributed by atoms with van der Waals surface area (Å²) in [5.41, 5.74) is 6.10.